The third-order valence-corrected chi connectivity index (χ3v) is 4.90. The maximum absolute atomic E-state index is 14.7. The van der Waals surface area contributed by atoms with Crippen molar-refractivity contribution in [1.82, 2.24) is 9.78 Å². The fraction of sp³-hybridized carbons (Fsp3) is 0.200. The van der Waals surface area contributed by atoms with Gasteiger partial charge in [0.05, 0.1) is 28.9 Å². The van der Waals surface area contributed by atoms with E-state index in [-0.39, 0.29) is 16.9 Å². The zero-order valence-electron chi connectivity index (χ0n) is 15.0. The Bertz CT molecular complexity index is 1090. The van der Waals surface area contributed by atoms with Crippen molar-refractivity contribution in [2.75, 3.05) is 0 Å². The molecule has 0 N–H and O–H groups in total. The van der Waals surface area contributed by atoms with Gasteiger partial charge in [0.25, 0.3) is 5.92 Å². The molecule has 0 unspecified atom stereocenters. The highest BCUT2D eigenvalue weighted by Gasteiger charge is 2.57. The number of nitrogens with zero attached hydrogens (tertiary/aromatic N) is 2. The summed E-state index contributed by atoms with van der Waals surface area (Å²) >= 11 is 5.79. The van der Waals surface area contributed by atoms with Crippen LogP contribution in [-0.4, -0.2) is 21.7 Å². The zero-order chi connectivity index (χ0) is 21.7. The van der Waals surface area contributed by atoms with E-state index in [0.717, 1.165) is 4.68 Å². The van der Waals surface area contributed by atoms with E-state index in [4.69, 9.17) is 16.3 Å². The lowest BCUT2D eigenvalue weighted by Gasteiger charge is -2.21. The van der Waals surface area contributed by atoms with E-state index in [0.29, 0.717) is 5.02 Å². The first kappa shape index (κ1) is 20.3. The van der Waals surface area contributed by atoms with Crippen molar-refractivity contribution in [3.63, 3.8) is 0 Å². The molecule has 0 bridgehead atoms. The average molecular weight is 443 g/mol. The van der Waals surface area contributed by atoms with Crippen LogP contribution in [0.15, 0.2) is 54.6 Å². The summed E-state index contributed by atoms with van der Waals surface area (Å²) in [6.07, 6.45) is -8.52. The van der Waals surface area contributed by atoms with Gasteiger partial charge in [-0.05, 0) is 36.4 Å². The van der Waals surface area contributed by atoms with Crippen LogP contribution in [0.1, 0.15) is 33.4 Å². The van der Waals surface area contributed by atoms with Gasteiger partial charge in [-0.15, -0.1) is 0 Å². The minimum atomic E-state index is -5.03. The standard InChI is InChI=1S/C20H12ClF5N2O2/c21-12-6-8-13(9-7-12)28-14-10-19(22,23)17(15(14)16(27-28)20(24,25)26)30-18(29)11-4-2-1-3-5-11/h1-9,17H,10H2/t17-/m0/s1. The van der Waals surface area contributed by atoms with E-state index in [9.17, 15) is 26.7 Å². The number of aromatic nitrogens is 2. The number of benzene rings is 2. The van der Waals surface area contributed by atoms with Crippen LogP contribution in [0.2, 0.25) is 5.02 Å². The summed E-state index contributed by atoms with van der Waals surface area (Å²) in [5.74, 6) is -4.90. The summed E-state index contributed by atoms with van der Waals surface area (Å²) < 4.78 is 76.1. The van der Waals surface area contributed by atoms with Crippen molar-refractivity contribution >= 4 is 17.6 Å². The first-order valence-electron chi connectivity index (χ1n) is 8.67. The predicted molar refractivity (Wildman–Crippen MR) is 96.8 cm³/mol. The van der Waals surface area contributed by atoms with Crippen molar-refractivity contribution in [2.45, 2.75) is 24.6 Å². The molecule has 0 aliphatic heterocycles. The van der Waals surface area contributed by atoms with Crippen LogP contribution >= 0.6 is 11.6 Å². The van der Waals surface area contributed by atoms with E-state index in [2.05, 4.69) is 5.10 Å². The Labute approximate surface area is 171 Å². The Morgan fingerprint density at radius 2 is 1.73 bits per heavy atom. The van der Waals surface area contributed by atoms with Gasteiger partial charge < -0.3 is 4.74 Å². The largest absolute Gasteiger partial charge is 0.447 e. The quantitative estimate of drug-likeness (QED) is 0.390. The highest BCUT2D eigenvalue weighted by Crippen LogP contribution is 2.50. The average Bonchev–Trinajstić information content (AvgIpc) is 3.16. The van der Waals surface area contributed by atoms with E-state index in [1.807, 2.05) is 0 Å². The highest BCUT2D eigenvalue weighted by atomic mass is 35.5. The fourth-order valence-electron chi connectivity index (χ4n) is 3.34. The lowest BCUT2D eigenvalue weighted by atomic mass is 10.1. The number of hydrogen-bond donors (Lipinski definition) is 0. The molecule has 3 aromatic rings. The number of esters is 1. The number of halogens is 6. The van der Waals surface area contributed by atoms with E-state index in [1.54, 1.807) is 6.07 Å². The van der Waals surface area contributed by atoms with Gasteiger partial charge in [0.2, 0.25) is 0 Å². The molecule has 1 aromatic heterocycles. The van der Waals surface area contributed by atoms with Crippen LogP contribution in [0.5, 0.6) is 0 Å². The van der Waals surface area contributed by atoms with Crippen LogP contribution in [0.3, 0.4) is 0 Å². The van der Waals surface area contributed by atoms with Crippen molar-refractivity contribution in [1.29, 1.82) is 0 Å². The maximum Gasteiger partial charge on any atom is 0.435 e. The van der Waals surface area contributed by atoms with Gasteiger partial charge >= 0.3 is 12.1 Å². The molecule has 1 atom stereocenters. The molecular weight excluding hydrogens is 431 g/mol. The van der Waals surface area contributed by atoms with Gasteiger partial charge in [-0.3, -0.25) is 0 Å². The van der Waals surface area contributed by atoms with Gasteiger partial charge in [0.15, 0.2) is 11.8 Å². The molecule has 2 aromatic carbocycles. The summed E-state index contributed by atoms with van der Waals surface area (Å²) in [5.41, 5.74) is -2.67. The molecule has 1 heterocycles. The molecule has 0 fully saturated rings. The SMILES string of the molecule is O=C(O[C@H]1c2c(C(F)(F)F)nn(-c3ccc(Cl)cc3)c2CC1(F)F)c1ccccc1. The van der Waals surface area contributed by atoms with Crippen molar-refractivity contribution in [3.05, 3.63) is 82.1 Å². The Morgan fingerprint density at radius 1 is 1.10 bits per heavy atom. The lowest BCUT2D eigenvalue weighted by molar-refractivity contribution is -0.147. The summed E-state index contributed by atoms with van der Waals surface area (Å²) in [5, 5.41) is 3.84. The number of ether oxygens (including phenoxy) is 1. The molecule has 0 amide bonds. The molecule has 1 aliphatic carbocycles. The Morgan fingerprint density at radius 3 is 2.33 bits per heavy atom. The number of hydrogen-bond acceptors (Lipinski definition) is 3. The second kappa shape index (κ2) is 7.09. The third kappa shape index (κ3) is 3.54. The normalized spacial score (nSPS) is 17.6. The van der Waals surface area contributed by atoms with Crippen LogP contribution in [0.4, 0.5) is 22.0 Å². The topological polar surface area (TPSA) is 44.1 Å². The second-order valence-electron chi connectivity index (χ2n) is 6.68. The van der Waals surface area contributed by atoms with Crippen LogP contribution in [0.25, 0.3) is 5.69 Å². The minimum Gasteiger partial charge on any atom is -0.447 e. The zero-order valence-corrected chi connectivity index (χ0v) is 15.7. The van der Waals surface area contributed by atoms with Gasteiger partial charge in [-0.2, -0.15) is 18.3 Å². The molecule has 0 saturated carbocycles. The monoisotopic (exact) mass is 442 g/mol. The molecular formula is C20H12ClF5N2O2. The molecule has 4 rings (SSSR count). The van der Waals surface area contributed by atoms with E-state index >= 15 is 0 Å². The molecule has 1 aliphatic rings. The van der Waals surface area contributed by atoms with E-state index in [1.165, 1.54) is 48.5 Å². The maximum atomic E-state index is 14.7. The number of rotatable bonds is 3. The van der Waals surface area contributed by atoms with Gasteiger partial charge in [-0.1, -0.05) is 29.8 Å². The molecule has 156 valence electrons. The predicted octanol–water partition coefficient (Wildman–Crippen LogP) is 5.63. The molecule has 4 nitrogen and oxygen atoms in total. The van der Waals surface area contributed by atoms with Gasteiger partial charge in [0, 0.05) is 5.02 Å². The highest BCUT2D eigenvalue weighted by molar-refractivity contribution is 6.30. The molecule has 10 heteroatoms. The number of fused-ring (bicyclic) bond motifs is 1. The minimum absolute atomic E-state index is 0.0552. The summed E-state index contributed by atoms with van der Waals surface area (Å²) in [4.78, 5) is 12.3. The van der Waals surface area contributed by atoms with E-state index < -0.39 is 41.9 Å². The first-order valence-corrected chi connectivity index (χ1v) is 9.04. The Balaban J connectivity index is 1.82. The fourth-order valence-corrected chi connectivity index (χ4v) is 3.46. The first-order chi connectivity index (χ1) is 14.1. The Kier molecular flexibility index (Phi) is 4.80. The number of alkyl halides is 5. The van der Waals surface area contributed by atoms with Crippen LogP contribution in [-0.2, 0) is 17.3 Å². The number of carbonyl (C=O) groups excluding carboxylic acids is 1. The second-order valence-corrected chi connectivity index (χ2v) is 7.12. The summed E-state index contributed by atoms with van der Waals surface area (Å²) in [6.45, 7) is 0. The Hall–Kier alpha value is -2.94. The molecule has 0 spiro atoms. The van der Waals surface area contributed by atoms with Gasteiger partial charge in [-0.25, -0.2) is 18.3 Å². The van der Waals surface area contributed by atoms with Crippen LogP contribution in [0, 0.1) is 0 Å². The molecule has 0 radical (unpaired) electrons. The lowest BCUT2D eigenvalue weighted by Crippen LogP contribution is -2.29. The summed E-state index contributed by atoms with van der Waals surface area (Å²) in [6, 6.07) is 12.7. The van der Waals surface area contributed by atoms with Gasteiger partial charge in [0.1, 0.15) is 0 Å². The number of carbonyl (C=O) groups is 1. The summed E-state index contributed by atoms with van der Waals surface area (Å²) in [7, 11) is 0. The molecule has 30 heavy (non-hydrogen) atoms. The molecule has 0 saturated heterocycles. The van der Waals surface area contributed by atoms with Crippen molar-refractivity contribution in [2.24, 2.45) is 0 Å². The third-order valence-electron chi connectivity index (χ3n) is 4.64. The van der Waals surface area contributed by atoms with Crippen molar-refractivity contribution < 1.29 is 31.5 Å². The van der Waals surface area contributed by atoms with Crippen LogP contribution < -0.4 is 0 Å². The smallest absolute Gasteiger partial charge is 0.435 e. The van der Waals surface area contributed by atoms with Crippen molar-refractivity contribution in [3.8, 4) is 5.69 Å².